The maximum Gasteiger partial charge on any atom is 0.461 e. The van der Waals surface area contributed by atoms with Crippen molar-refractivity contribution in [3.05, 3.63) is 23.8 Å². The van der Waals surface area contributed by atoms with E-state index >= 15 is 0 Å². The number of hydrogen-bond donors (Lipinski definition) is 1. The molecule has 0 aliphatic rings. The fourth-order valence-corrected chi connectivity index (χ4v) is 1.52. The first-order valence-electron chi connectivity index (χ1n) is 5.61. The third-order valence-electron chi connectivity index (χ3n) is 2.69. The van der Waals surface area contributed by atoms with Gasteiger partial charge in [0.15, 0.2) is 0 Å². The van der Waals surface area contributed by atoms with Crippen LogP contribution < -0.4 is 10.5 Å². The Labute approximate surface area is 126 Å². The van der Waals surface area contributed by atoms with Crippen LogP contribution in [-0.2, 0) is 5.67 Å². The van der Waals surface area contributed by atoms with Crippen molar-refractivity contribution < 1.29 is 53.0 Å². The van der Waals surface area contributed by atoms with Crippen molar-refractivity contribution in [1.29, 1.82) is 0 Å². The Kier molecular flexibility index (Phi) is 4.89. The number of nitrogens with two attached hydrogens (primary N) is 1. The van der Waals surface area contributed by atoms with E-state index in [2.05, 4.69) is 4.74 Å². The first kappa shape index (κ1) is 20.1. The Bertz CT molecular complexity index is 579. The molecule has 0 bridgehead atoms. The standard InChI is InChI=1S/C11H6F11NO/c12-7(13)9(15,16)24-6-3-4(1-2-5(6)23)8(14,10(17,18)19)11(20,21)22/h1-3,7H,23H2. The van der Waals surface area contributed by atoms with Crippen LogP contribution in [0.1, 0.15) is 5.56 Å². The summed E-state index contributed by atoms with van der Waals surface area (Å²) in [6.07, 6.45) is -22.8. The summed E-state index contributed by atoms with van der Waals surface area (Å²) < 4.78 is 142. The second-order valence-electron chi connectivity index (χ2n) is 4.37. The van der Waals surface area contributed by atoms with Gasteiger partial charge in [0.1, 0.15) is 5.75 Å². The SMILES string of the molecule is Nc1ccc(C(F)(C(F)(F)F)C(F)(F)F)cc1OC(F)(F)C(F)F. The van der Waals surface area contributed by atoms with Gasteiger partial charge < -0.3 is 10.5 Å². The van der Waals surface area contributed by atoms with Crippen LogP contribution in [0.5, 0.6) is 5.75 Å². The molecule has 1 rings (SSSR count). The molecular weight excluding hydrogens is 371 g/mol. The summed E-state index contributed by atoms with van der Waals surface area (Å²) in [5.74, 6) is -1.67. The lowest BCUT2D eigenvalue weighted by molar-refractivity contribution is -0.348. The summed E-state index contributed by atoms with van der Waals surface area (Å²) in [6.45, 7) is 0. The Morgan fingerprint density at radius 1 is 0.833 bits per heavy atom. The van der Waals surface area contributed by atoms with Crippen molar-refractivity contribution in [2.75, 3.05) is 5.73 Å². The molecule has 0 fully saturated rings. The fraction of sp³-hybridized carbons (Fsp3) is 0.455. The normalized spacial score (nSPS) is 14.2. The lowest BCUT2D eigenvalue weighted by Crippen LogP contribution is -2.50. The van der Waals surface area contributed by atoms with Crippen LogP contribution >= 0.6 is 0 Å². The molecular formula is C11H6F11NO. The molecule has 24 heavy (non-hydrogen) atoms. The summed E-state index contributed by atoms with van der Waals surface area (Å²) >= 11 is 0. The zero-order chi connectivity index (χ0) is 19.1. The van der Waals surface area contributed by atoms with E-state index < -0.39 is 53.6 Å². The van der Waals surface area contributed by atoms with Gasteiger partial charge in [-0.3, -0.25) is 0 Å². The van der Waals surface area contributed by atoms with Crippen LogP contribution in [0.25, 0.3) is 0 Å². The summed E-state index contributed by atoms with van der Waals surface area (Å²) in [7, 11) is 0. The predicted molar refractivity (Wildman–Crippen MR) is 57.3 cm³/mol. The lowest BCUT2D eigenvalue weighted by atomic mass is 9.93. The second kappa shape index (κ2) is 5.84. The van der Waals surface area contributed by atoms with E-state index in [-0.39, 0.29) is 12.1 Å². The van der Waals surface area contributed by atoms with Gasteiger partial charge in [-0.15, -0.1) is 0 Å². The van der Waals surface area contributed by atoms with Crippen molar-refractivity contribution >= 4 is 5.69 Å². The number of hydrogen-bond acceptors (Lipinski definition) is 2. The van der Waals surface area contributed by atoms with Crippen molar-refractivity contribution in [1.82, 2.24) is 0 Å². The summed E-state index contributed by atoms with van der Waals surface area (Å²) in [5, 5.41) is 0. The van der Waals surface area contributed by atoms with Crippen LogP contribution in [0.15, 0.2) is 18.2 Å². The first-order chi connectivity index (χ1) is 10.5. The van der Waals surface area contributed by atoms with Gasteiger partial charge in [-0.25, -0.2) is 4.39 Å². The molecule has 0 heterocycles. The average molecular weight is 377 g/mol. The van der Waals surface area contributed by atoms with E-state index in [4.69, 9.17) is 5.73 Å². The molecule has 0 aliphatic heterocycles. The third-order valence-corrected chi connectivity index (χ3v) is 2.69. The quantitative estimate of drug-likeness (QED) is 0.605. The molecule has 1 aromatic rings. The highest BCUT2D eigenvalue weighted by Crippen LogP contribution is 2.54. The molecule has 2 N–H and O–H groups in total. The Balaban J connectivity index is 3.49. The van der Waals surface area contributed by atoms with E-state index in [1.807, 2.05) is 0 Å². The maximum atomic E-state index is 13.8. The molecule has 0 amide bonds. The molecule has 13 heteroatoms. The molecule has 1 aromatic carbocycles. The molecule has 0 saturated carbocycles. The van der Waals surface area contributed by atoms with Gasteiger partial charge in [0.2, 0.25) is 0 Å². The predicted octanol–water partition coefficient (Wildman–Crippen LogP) is 4.79. The van der Waals surface area contributed by atoms with Crippen molar-refractivity contribution in [3.63, 3.8) is 0 Å². The van der Waals surface area contributed by atoms with Crippen molar-refractivity contribution in [2.45, 2.75) is 30.6 Å². The number of halogens is 11. The first-order valence-corrected chi connectivity index (χ1v) is 5.61. The van der Waals surface area contributed by atoms with Gasteiger partial charge in [-0.05, 0) is 12.1 Å². The lowest BCUT2D eigenvalue weighted by Gasteiger charge is -2.30. The van der Waals surface area contributed by atoms with Crippen molar-refractivity contribution in [3.8, 4) is 5.75 Å². The van der Waals surface area contributed by atoms with Gasteiger partial charge in [-0.2, -0.15) is 43.9 Å². The number of alkyl halides is 11. The van der Waals surface area contributed by atoms with Crippen LogP contribution in [0.2, 0.25) is 0 Å². The molecule has 0 aromatic heterocycles. The van der Waals surface area contributed by atoms with Crippen LogP contribution in [-0.4, -0.2) is 24.9 Å². The Morgan fingerprint density at radius 2 is 1.29 bits per heavy atom. The van der Waals surface area contributed by atoms with Crippen LogP contribution in [0.3, 0.4) is 0 Å². The number of rotatable bonds is 4. The molecule has 0 radical (unpaired) electrons. The van der Waals surface area contributed by atoms with E-state index in [1.165, 1.54) is 0 Å². The summed E-state index contributed by atoms with van der Waals surface area (Å²) in [6, 6.07) is -0.367. The molecule has 0 aliphatic carbocycles. The molecule has 2 nitrogen and oxygen atoms in total. The minimum atomic E-state index is -6.52. The zero-order valence-electron chi connectivity index (χ0n) is 11.0. The van der Waals surface area contributed by atoms with E-state index in [9.17, 15) is 48.3 Å². The highest BCUT2D eigenvalue weighted by atomic mass is 19.4. The van der Waals surface area contributed by atoms with Gasteiger partial charge in [0.05, 0.1) is 5.69 Å². The summed E-state index contributed by atoms with van der Waals surface area (Å²) in [4.78, 5) is 0. The zero-order valence-corrected chi connectivity index (χ0v) is 11.0. The molecule has 0 spiro atoms. The van der Waals surface area contributed by atoms with Gasteiger partial charge >= 0.3 is 30.6 Å². The Morgan fingerprint density at radius 3 is 1.67 bits per heavy atom. The van der Waals surface area contributed by atoms with Crippen LogP contribution in [0.4, 0.5) is 54.0 Å². The fourth-order valence-electron chi connectivity index (χ4n) is 1.52. The Hall–Kier alpha value is -1.95. The maximum absolute atomic E-state index is 13.8. The van der Waals surface area contributed by atoms with E-state index in [1.54, 1.807) is 0 Å². The van der Waals surface area contributed by atoms with Gasteiger partial charge in [0, 0.05) is 5.56 Å². The highest BCUT2D eigenvalue weighted by molar-refractivity contribution is 5.55. The minimum Gasteiger partial charge on any atom is -0.426 e. The van der Waals surface area contributed by atoms with E-state index in [0.717, 1.165) is 0 Å². The largest absolute Gasteiger partial charge is 0.461 e. The minimum absolute atomic E-state index is 0.0797. The van der Waals surface area contributed by atoms with Gasteiger partial charge in [-0.1, -0.05) is 6.07 Å². The highest BCUT2D eigenvalue weighted by Gasteiger charge is 2.73. The monoisotopic (exact) mass is 377 g/mol. The number of benzene rings is 1. The number of ether oxygens (including phenoxy) is 1. The molecule has 0 saturated heterocycles. The summed E-state index contributed by atoms with van der Waals surface area (Å²) in [5.41, 5.74) is -4.20. The molecule has 0 unspecified atom stereocenters. The van der Waals surface area contributed by atoms with Gasteiger partial charge in [0.25, 0.3) is 0 Å². The number of anilines is 1. The average Bonchev–Trinajstić information content (AvgIpc) is 2.37. The van der Waals surface area contributed by atoms with Crippen molar-refractivity contribution in [2.24, 2.45) is 0 Å². The number of nitrogen functional groups attached to an aromatic ring is 1. The second-order valence-corrected chi connectivity index (χ2v) is 4.37. The van der Waals surface area contributed by atoms with E-state index in [0.29, 0.717) is 0 Å². The third kappa shape index (κ3) is 3.43. The topological polar surface area (TPSA) is 35.2 Å². The smallest absolute Gasteiger partial charge is 0.426 e. The molecule has 0 atom stereocenters. The van der Waals surface area contributed by atoms with Crippen LogP contribution in [0, 0.1) is 0 Å². The molecule has 138 valence electrons.